The first kappa shape index (κ1) is 15.9. The second-order valence-corrected chi connectivity index (χ2v) is 5.75. The molecular weight excluding hydrogens is 309 g/mol. The first-order chi connectivity index (χ1) is 10.2. The number of thioether (sulfide) groups is 1. The highest BCUT2D eigenvalue weighted by Crippen LogP contribution is 2.16. The summed E-state index contributed by atoms with van der Waals surface area (Å²) in [4.78, 5) is 11.8. The van der Waals surface area contributed by atoms with Gasteiger partial charge in [0.2, 0.25) is 5.91 Å². The second kappa shape index (κ2) is 8.05. The lowest BCUT2D eigenvalue weighted by molar-refractivity contribution is -0.113. The van der Waals surface area contributed by atoms with E-state index >= 15 is 0 Å². The average molecular weight is 324 g/mol. The summed E-state index contributed by atoms with van der Waals surface area (Å²) in [6.07, 6.45) is 0. The van der Waals surface area contributed by atoms with Gasteiger partial charge in [-0.25, -0.2) is 4.39 Å². The van der Waals surface area contributed by atoms with E-state index in [-0.39, 0.29) is 11.7 Å². The molecule has 0 spiro atoms. The highest BCUT2D eigenvalue weighted by molar-refractivity contribution is 7.99. The second-order valence-electron chi connectivity index (χ2n) is 4.50. The maximum atomic E-state index is 12.8. The summed E-state index contributed by atoms with van der Waals surface area (Å²) in [5, 5.41) is 2.73. The molecule has 2 rings (SSSR count). The van der Waals surface area contributed by atoms with Crippen molar-refractivity contribution in [2.45, 2.75) is 11.6 Å². The topological polar surface area (TPSA) is 29.1 Å². The molecule has 0 aromatic heterocycles. The smallest absolute Gasteiger partial charge is 0.234 e. The van der Waals surface area contributed by atoms with E-state index in [1.807, 2.05) is 24.3 Å². The monoisotopic (exact) mass is 323 g/mol. The number of benzene rings is 2. The van der Waals surface area contributed by atoms with Crippen molar-refractivity contribution in [3.8, 4) is 0 Å². The van der Waals surface area contributed by atoms with Crippen molar-refractivity contribution in [3.05, 3.63) is 65.5 Å². The molecule has 0 aliphatic rings. The number of halogens is 2. The van der Waals surface area contributed by atoms with Crippen molar-refractivity contribution < 1.29 is 9.18 Å². The average Bonchev–Trinajstić information content (AvgIpc) is 2.50. The van der Waals surface area contributed by atoms with Gasteiger partial charge in [-0.3, -0.25) is 4.79 Å². The Morgan fingerprint density at radius 1 is 1.14 bits per heavy atom. The Labute approximate surface area is 132 Å². The van der Waals surface area contributed by atoms with Crippen LogP contribution in [0, 0.1) is 5.82 Å². The minimum atomic E-state index is -0.318. The minimum absolute atomic E-state index is 0.0971. The molecule has 0 bridgehead atoms. The molecule has 0 fully saturated rings. The zero-order chi connectivity index (χ0) is 15.1. The molecule has 0 heterocycles. The van der Waals surface area contributed by atoms with Crippen LogP contribution in [-0.4, -0.2) is 11.7 Å². The van der Waals surface area contributed by atoms with Gasteiger partial charge in [0.15, 0.2) is 0 Å². The molecule has 2 aromatic carbocycles. The van der Waals surface area contributed by atoms with Gasteiger partial charge in [-0.05, 0) is 35.4 Å². The molecule has 0 aliphatic carbocycles. The fourth-order valence-electron chi connectivity index (χ4n) is 1.79. The third-order valence-corrected chi connectivity index (χ3v) is 4.09. The molecule has 1 N–H and O–H groups in total. The molecule has 0 saturated carbocycles. The quantitative estimate of drug-likeness (QED) is 0.796. The van der Waals surface area contributed by atoms with E-state index in [0.29, 0.717) is 17.3 Å². The van der Waals surface area contributed by atoms with Crippen LogP contribution in [0.3, 0.4) is 0 Å². The predicted molar refractivity (Wildman–Crippen MR) is 87.2 cm³/mol. The predicted octanol–water partition coefficient (Wildman–Crippen LogP) is 4.44. The molecule has 0 atom stereocenters. The van der Waals surface area contributed by atoms with Gasteiger partial charge >= 0.3 is 0 Å². The molecular formula is C16H15ClFNOS. The standard InChI is InChI=1S/C16H15ClFNOS/c17-9-12-2-1-3-13(8-12)10-21-11-16(20)19-15-6-4-14(18)5-7-15/h1-8H,9-11H2,(H,19,20). The maximum absolute atomic E-state index is 12.8. The van der Waals surface area contributed by atoms with Crippen LogP contribution in [0.25, 0.3) is 0 Å². The van der Waals surface area contributed by atoms with Gasteiger partial charge in [-0.1, -0.05) is 24.3 Å². The minimum Gasteiger partial charge on any atom is -0.325 e. The normalized spacial score (nSPS) is 10.4. The third-order valence-electron chi connectivity index (χ3n) is 2.78. The number of alkyl halides is 1. The van der Waals surface area contributed by atoms with Crippen LogP contribution in [0.4, 0.5) is 10.1 Å². The van der Waals surface area contributed by atoms with Crippen molar-refractivity contribution in [1.29, 1.82) is 0 Å². The molecule has 0 aliphatic heterocycles. The molecule has 0 saturated heterocycles. The molecule has 5 heteroatoms. The van der Waals surface area contributed by atoms with Gasteiger partial charge in [-0.15, -0.1) is 23.4 Å². The molecule has 2 nitrogen and oxygen atoms in total. The van der Waals surface area contributed by atoms with Crippen LogP contribution < -0.4 is 5.32 Å². The van der Waals surface area contributed by atoms with Crippen LogP contribution in [0.2, 0.25) is 0 Å². The molecule has 1 amide bonds. The Morgan fingerprint density at radius 3 is 2.57 bits per heavy atom. The Morgan fingerprint density at radius 2 is 1.86 bits per heavy atom. The summed E-state index contributed by atoms with van der Waals surface area (Å²) in [6.45, 7) is 0. The zero-order valence-corrected chi connectivity index (χ0v) is 12.9. The van der Waals surface area contributed by atoms with Crippen molar-refractivity contribution in [2.75, 3.05) is 11.1 Å². The van der Waals surface area contributed by atoms with Crippen LogP contribution in [0.5, 0.6) is 0 Å². The van der Waals surface area contributed by atoms with Crippen LogP contribution in [0.1, 0.15) is 11.1 Å². The number of anilines is 1. The number of hydrogen-bond donors (Lipinski definition) is 1. The van der Waals surface area contributed by atoms with E-state index in [9.17, 15) is 9.18 Å². The lowest BCUT2D eigenvalue weighted by Crippen LogP contribution is -2.14. The van der Waals surface area contributed by atoms with Crippen molar-refractivity contribution >= 4 is 35.0 Å². The summed E-state index contributed by atoms with van der Waals surface area (Å²) in [5.41, 5.74) is 2.82. The number of carbonyl (C=O) groups is 1. The zero-order valence-electron chi connectivity index (χ0n) is 11.3. The Balaban J connectivity index is 1.77. The summed E-state index contributed by atoms with van der Waals surface area (Å²) in [7, 11) is 0. The third kappa shape index (κ3) is 5.40. The number of nitrogens with one attached hydrogen (secondary N) is 1. The van der Waals surface area contributed by atoms with Gasteiger partial charge in [0.1, 0.15) is 5.82 Å². The Kier molecular flexibility index (Phi) is 6.08. The molecule has 21 heavy (non-hydrogen) atoms. The van der Waals surface area contributed by atoms with E-state index in [1.54, 1.807) is 12.1 Å². The van der Waals surface area contributed by atoms with Gasteiger partial charge in [0, 0.05) is 17.3 Å². The fraction of sp³-hybridized carbons (Fsp3) is 0.188. The van der Waals surface area contributed by atoms with Gasteiger partial charge in [0.25, 0.3) is 0 Å². The van der Waals surface area contributed by atoms with Crippen LogP contribution in [-0.2, 0) is 16.4 Å². The molecule has 2 aromatic rings. The van der Waals surface area contributed by atoms with E-state index in [4.69, 9.17) is 11.6 Å². The summed E-state index contributed by atoms with van der Waals surface area (Å²) >= 11 is 7.31. The summed E-state index contributed by atoms with van der Waals surface area (Å²) in [5.74, 6) is 1.18. The molecule has 110 valence electrons. The van der Waals surface area contributed by atoms with E-state index in [2.05, 4.69) is 5.32 Å². The number of rotatable bonds is 6. The van der Waals surface area contributed by atoms with Gasteiger partial charge in [-0.2, -0.15) is 0 Å². The summed E-state index contributed by atoms with van der Waals surface area (Å²) in [6, 6.07) is 13.7. The Hall–Kier alpha value is -1.52. The van der Waals surface area contributed by atoms with Crippen molar-refractivity contribution in [2.24, 2.45) is 0 Å². The largest absolute Gasteiger partial charge is 0.325 e. The Bertz CT molecular complexity index is 603. The van der Waals surface area contributed by atoms with Gasteiger partial charge < -0.3 is 5.32 Å². The molecule has 0 unspecified atom stereocenters. The van der Waals surface area contributed by atoms with E-state index in [0.717, 1.165) is 16.9 Å². The van der Waals surface area contributed by atoms with Crippen LogP contribution in [0.15, 0.2) is 48.5 Å². The first-order valence-corrected chi connectivity index (χ1v) is 8.13. The summed E-state index contributed by atoms with van der Waals surface area (Å²) < 4.78 is 12.8. The van der Waals surface area contributed by atoms with Crippen molar-refractivity contribution in [3.63, 3.8) is 0 Å². The van der Waals surface area contributed by atoms with Crippen LogP contribution >= 0.6 is 23.4 Å². The number of hydrogen-bond acceptors (Lipinski definition) is 2. The highest BCUT2D eigenvalue weighted by Gasteiger charge is 2.03. The highest BCUT2D eigenvalue weighted by atomic mass is 35.5. The lowest BCUT2D eigenvalue weighted by atomic mass is 10.2. The number of carbonyl (C=O) groups excluding carboxylic acids is 1. The lowest BCUT2D eigenvalue weighted by Gasteiger charge is -2.06. The maximum Gasteiger partial charge on any atom is 0.234 e. The van der Waals surface area contributed by atoms with E-state index in [1.165, 1.54) is 23.9 Å². The molecule has 0 radical (unpaired) electrons. The van der Waals surface area contributed by atoms with E-state index < -0.39 is 0 Å². The first-order valence-electron chi connectivity index (χ1n) is 6.44. The van der Waals surface area contributed by atoms with Crippen molar-refractivity contribution in [1.82, 2.24) is 0 Å². The fourth-order valence-corrected chi connectivity index (χ4v) is 2.74. The SMILES string of the molecule is O=C(CSCc1cccc(CCl)c1)Nc1ccc(F)cc1. The van der Waals surface area contributed by atoms with Gasteiger partial charge in [0.05, 0.1) is 5.75 Å². The number of amides is 1.